The Kier molecular flexibility index (Phi) is 7.29. The van der Waals surface area contributed by atoms with Gasteiger partial charge in [-0.1, -0.05) is 12.1 Å². The van der Waals surface area contributed by atoms with E-state index < -0.39 is 24.0 Å². The van der Waals surface area contributed by atoms with E-state index in [1.807, 2.05) is 6.07 Å². The van der Waals surface area contributed by atoms with E-state index in [9.17, 15) is 18.8 Å². The van der Waals surface area contributed by atoms with Gasteiger partial charge in [-0.05, 0) is 52.3 Å². The molecule has 2 amide bonds. The van der Waals surface area contributed by atoms with Gasteiger partial charge in [0.1, 0.15) is 46.3 Å². The van der Waals surface area contributed by atoms with E-state index in [1.165, 1.54) is 16.5 Å². The number of alkyl halides is 1. The highest BCUT2D eigenvalue weighted by molar-refractivity contribution is 9.10. The van der Waals surface area contributed by atoms with Crippen LogP contribution < -0.4 is 5.32 Å². The summed E-state index contributed by atoms with van der Waals surface area (Å²) in [5.41, 5.74) is 3.29. The number of amides is 2. The summed E-state index contributed by atoms with van der Waals surface area (Å²) in [7, 11) is 0. The summed E-state index contributed by atoms with van der Waals surface area (Å²) in [6.45, 7) is 0.872. The van der Waals surface area contributed by atoms with Crippen LogP contribution in [0.4, 0.5) is 10.2 Å². The summed E-state index contributed by atoms with van der Waals surface area (Å²) in [5, 5.41) is 18.8. The van der Waals surface area contributed by atoms with E-state index in [4.69, 9.17) is 0 Å². The molecule has 5 heterocycles. The number of hydrogen-bond donors (Lipinski definition) is 2. The molecular formula is C28H23BrFN9O3. The maximum Gasteiger partial charge on any atom is 0.248 e. The lowest BCUT2D eigenvalue weighted by atomic mass is 10.0. The van der Waals surface area contributed by atoms with Crippen LogP contribution in [0.1, 0.15) is 23.8 Å². The number of aromatic amines is 1. The monoisotopic (exact) mass is 631 g/mol. The normalized spacial score (nSPS) is 16.6. The summed E-state index contributed by atoms with van der Waals surface area (Å²) in [6, 6.07) is 12.9. The molecule has 0 unspecified atom stereocenters. The molecule has 0 aliphatic carbocycles. The molecule has 42 heavy (non-hydrogen) atoms. The zero-order valence-electron chi connectivity index (χ0n) is 22.2. The first-order valence-electron chi connectivity index (χ1n) is 13.0. The number of halogens is 2. The van der Waals surface area contributed by atoms with Crippen molar-refractivity contribution in [1.29, 1.82) is 0 Å². The average molecular weight is 632 g/mol. The third-order valence-electron chi connectivity index (χ3n) is 6.96. The predicted octanol–water partition coefficient (Wildman–Crippen LogP) is 3.82. The third kappa shape index (κ3) is 5.28. The second-order valence-electron chi connectivity index (χ2n) is 9.79. The van der Waals surface area contributed by atoms with Gasteiger partial charge in [-0.3, -0.25) is 24.0 Å². The first-order valence-corrected chi connectivity index (χ1v) is 13.8. The summed E-state index contributed by atoms with van der Waals surface area (Å²) in [6.07, 6.45) is 1.84. The van der Waals surface area contributed by atoms with Crippen molar-refractivity contribution in [3.05, 3.63) is 71.2 Å². The Balaban J connectivity index is 1.28. The molecule has 12 nitrogen and oxygen atoms in total. The van der Waals surface area contributed by atoms with E-state index in [2.05, 4.69) is 51.7 Å². The fraction of sp³-hybridized carbons (Fsp3) is 0.214. The van der Waals surface area contributed by atoms with Gasteiger partial charge in [-0.2, -0.15) is 20.5 Å². The Morgan fingerprint density at radius 1 is 1.10 bits per heavy atom. The highest BCUT2D eigenvalue weighted by atomic mass is 79.9. The van der Waals surface area contributed by atoms with Gasteiger partial charge in [-0.15, -0.1) is 0 Å². The number of nitrogens with one attached hydrogen (secondary N) is 2. The lowest BCUT2D eigenvalue weighted by Crippen LogP contribution is -2.44. The molecule has 0 bridgehead atoms. The second-order valence-corrected chi connectivity index (χ2v) is 10.6. The third-order valence-corrected chi connectivity index (χ3v) is 7.41. The number of carbonyl (C=O) groups excluding carboxylic acids is 3. The number of benzene rings is 1. The molecule has 1 aliphatic heterocycles. The van der Waals surface area contributed by atoms with Gasteiger partial charge in [0.2, 0.25) is 11.8 Å². The zero-order valence-corrected chi connectivity index (χ0v) is 23.7. The van der Waals surface area contributed by atoms with Crippen molar-refractivity contribution in [3.63, 3.8) is 0 Å². The molecule has 1 aliphatic rings. The summed E-state index contributed by atoms with van der Waals surface area (Å²) < 4.78 is 16.4. The predicted molar refractivity (Wildman–Crippen MR) is 154 cm³/mol. The first kappa shape index (κ1) is 27.3. The Labute approximate surface area is 246 Å². The summed E-state index contributed by atoms with van der Waals surface area (Å²) in [4.78, 5) is 48.5. The van der Waals surface area contributed by atoms with E-state index in [1.54, 1.807) is 54.9 Å². The fourth-order valence-corrected chi connectivity index (χ4v) is 5.40. The number of H-pyrrole nitrogens is 1. The maximum atomic E-state index is 14.5. The SMILES string of the molecule is CC(=O)c1nn(CC(=O)N2C[C@H](F)C[C@H]2C(=O)Nc2cccc(Br)n2)c2ccc(-c3n[nH]nc3-c3cccnc3)cc12. The number of hydrogen-bond acceptors (Lipinski definition) is 8. The van der Waals surface area contributed by atoms with Crippen LogP contribution in [0.5, 0.6) is 0 Å². The largest absolute Gasteiger partial charge is 0.326 e. The van der Waals surface area contributed by atoms with Crippen LogP contribution in [-0.4, -0.2) is 76.4 Å². The molecule has 2 atom stereocenters. The number of anilines is 1. The van der Waals surface area contributed by atoms with Crippen LogP contribution in [0.2, 0.25) is 0 Å². The zero-order chi connectivity index (χ0) is 29.4. The highest BCUT2D eigenvalue weighted by Gasteiger charge is 2.40. The molecule has 2 N–H and O–H groups in total. The molecule has 1 saturated heterocycles. The van der Waals surface area contributed by atoms with Crippen molar-refractivity contribution in [2.75, 3.05) is 11.9 Å². The van der Waals surface area contributed by atoms with E-state index in [0.29, 0.717) is 32.5 Å². The molecule has 0 saturated carbocycles. The van der Waals surface area contributed by atoms with Gasteiger partial charge in [0.15, 0.2) is 5.78 Å². The summed E-state index contributed by atoms with van der Waals surface area (Å²) in [5.74, 6) is -1.05. The van der Waals surface area contributed by atoms with Gasteiger partial charge in [0.05, 0.1) is 12.1 Å². The van der Waals surface area contributed by atoms with Crippen LogP contribution in [0.25, 0.3) is 33.4 Å². The highest BCUT2D eigenvalue weighted by Crippen LogP contribution is 2.31. The number of pyridine rings is 2. The molecule has 0 radical (unpaired) electrons. The molecule has 14 heteroatoms. The average Bonchev–Trinajstić information content (AvgIpc) is 3.70. The maximum absolute atomic E-state index is 14.5. The summed E-state index contributed by atoms with van der Waals surface area (Å²) >= 11 is 3.25. The fourth-order valence-electron chi connectivity index (χ4n) is 5.06. The lowest BCUT2D eigenvalue weighted by Gasteiger charge is -2.23. The quantitative estimate of drug-likeness (QED) is 0.203. The molecule has 4 aromatic heterocycles. The minimum atomic E-state index is -1.36. The molecule has 5 aromatic rings. The number of carbonyl (C=O) groups is 3. The number of rotatable bonds is 7. The van der Waals surface area contributed by atoms with Crippen molar-refractivity contribution < 1.29 is 18.8 Å². The number of nitrogens with zero attached hydrogens (tertiary/aromatic N) is 7. The Morgan fingerprint density at radius 2 is 1.90 bits per heavy atom. The second kappa shape index (κ2) is 11.2. The molecule has 1 fully saturated rings. The van der Waals surface area contributed by atoms with Crippen LogP contribution in [0.3, 0.4) is 0 Å². The van der Waals surface area contributed by atoms with Crippen LogP contribution in [0, 0.1) is 0 Å². The molecular weight excluding hydrogens is 609 g/mol. The Morgan fingerprint density at radius 3 is 2.64 bits per heavy atom. The molecule has 0 spiro atoms. The van der Waals surface area contributed by atoms with Gasteiger partial charge in [0, 0.05) is 42.3 Å². The van der Waals surface area contributed by atoms with Crippen LogP contribution >= 0.6 is 15.9 Å². The number of fused-ring (bicyclic) bond motifs is 1. The van der Waals surface area contributed by atoms with Crippen molar-refractivity contribution in [1.82, 2.24) is 40.1 Å². The van der Waals surface area contributed by atoms with Gasteiger partial charge < -0.3 is 10.2 Å². The molecule has 1 aromatic carbocycles. The Bertz CT molecular complexity index is 1820. The van der Waals surface area contributed by atoms with Crippen molar-refractivity contribution in [3.8, 4) is 22.5 Å². The lowest BCUT2D eigenvalue weighted by molar-refractivity contribution is -0.137. The number of Topliss-reactive ketones (excluding diaryl/α,β-unsaturated/α-hetero) is 1. The minimum absolute atomic E-state index is 0.134. The van der Waals surface area contributed by atoms with Crippen molar-refractivity contribution >= 4 is 50.2 Å². The van der Waals surface area contributed by atoms with E-state index in [-0.39, 0.29) is 36.8 Å². The van der Waals surface area contributed by atoms with Gasteiger partial charge >= 0.3 is 0 Å². The number of aromatic nitrogens is 7. The number of likely N-dealkylation sites (tertiary alicyclic amines) is 1. The first-order chi connectivity index (χ1) is 20.3. The standard InChI is InChI=1S/C28H23BrFN9O3/c1-15(40)25-19-10-16(26-27(35-37-34-26)17-4-3-9-31-12-17)7-8-20(19)39(36-25)14-24(41)38-13-18(30)11-21(38)28(42)33-23-6-2-5-22(29)32-23/h2-10,12,18,21H,11,13-14H2,1H3,(H,32,33,42)(H,34,35,37)/t18-,21+/m1/s1. The molecule has 212 valence electrons. The van der Waals surface area contributed by atoms with E-state index in [0.717, 1.165) is 5.56 Å². The van der Waals surface area contributed by atoms with Crippen molar-refractivity contribution in [2.24, 2.45) is 0 Å². The van der Waals surface area contributed by atoms with E-state index >= 15 is 0 Å². The molecule has 6 rings (SSSR count). The van der Waals surface area contributed by atoms with Gasteiger partial charge in [0.25, 0.3) is 0 Å². The minimum Gasteiger partial charge on any atom is -0.326 e. The smallest absolute Gasteiger partial charge is 0.248 e. The van der Waals surface area contributed by atoms with Crippen molar-refractivity contribution in [2.45, 2.75) is 32.1 Å². The topological polar surface area (TPSA) is 152 Å². The van der Waals surface area contributed by atoms with Crippen LogP contribution in [0.15, 0.2) is 65.5 Å². The van der Waals surface area contributed by atoms with Gasteiger partial charge in [-0.25, -0.2) is 9.37 Å². The Hall–Kier alpha value is -4.85. The van der Waals surface area contributed by atoms with Crippen LogP contribution in [-0.2, 0) is 16.1 Å². The number of ketones is 1.